The smallest absolute Gasteiger partial charge is 0.124 e. The lowest BCUT2D eigenvalue weighted by Gasteiger charge is -2.04. The highest BCUT2D eigenvalue weighted by molar-refractivity contribution is 9.05. The number of hydrogen-bond acceptors (Lipinski definition) is 5. The zero-order valence-electron chi connectivity index (χ0n) is 11.1. The van der Waals surface area contributed by atoms with Gasteiger partial charge in [0.05, 0.1) is 19.1 Å². The second-order valence-electron chi connectivity index (χ2n) is 3.74. The molecule has 2 rings (SSSR count). The number of benzene rings is 2. The zero-order valence-corrected chi connectivity index (χ0v) is 13.5. The molecule has 0 aliphatic heterocycles. The van der Waals surface area contributed by atoms with Crippen LogP contribution in [-0.2, 0) is 9.83 Å². The topological polar surface area (TPSA) is 35.5 Å². The molecule has 0 bridgehead atoms. The molecule has 0 saturated carbocycles. The van der Waals surface area contributed by atoms with E-state index >= 15 is 0 Å². The van der Waals surface area contributed by atoms with Gasteiger partial charge in [-0.05, 0) is 59.3 Å². The van der Waals surface area contributed by atoms with Crippen LogP contribution in [0.4, 0.5) is 0 Å². The van der Waals surface area contributed by atoms with Crippen LogP contribution in [0.5, 0.6) is 11.5 Å². The number of hydrogen-bond donors (Lipinski definition) is 0. The maximum atomic E-state index is 12.1. The predicted molar refractivity (Wildman–Crippen MR) is 85.8 cm³/mol. The summed E-state index contributed by atoms with van der Waals surface area (Å²) >= 11 is 0. The minimum atomic E-state index is -1.11. The lowest BCUT2D eigenvalue weighted by Crippen LogP contribution is -1.86. The molecule has 2 aromatic carbocycles. The van der Waals surface area contributed by atoms with Gasteiger partial charge < -0.3 is 9.47 Å². The van der Waals surface area contributed by atoms with Crippen LogP contribution in [0.25, 0.3) is 0 Å². The Morgan fingerprint density at radius 1 is 0.850 bits per heavy atom. The molecule has 6 heteroatoms. The van der Waals surface area contributed by atoms with Crippen molar-refractivity contribution >= 4 is 30.5 Å². The fourth-order valence-electron chi connectivity index (χ4n) is 1.43. The first-order valence-corrected chi connectivity index (χ1v) is 9.59. The van der Waals surface area contributed by atoms with Gasteiger partial charge in [-0.15, -0.1) is 0 Å². The Kier molecular flexibility index (Phi) is 5.82. The fraction of sp³-hybridized carbons (Fsp3) is 0.143. The first-order valence-electron chi connectivity index (χ1n) is 5.78. The van der Waals surface area contributed by atoms with E-state index in [4.69, 9.17) is 9.47 Å². The van der Waals surface area contributed by atoms with E-state index in [0.717, 1.165) is 21.3 Å². The van der Waals surface area contributed by atoms with Gasteiger partial charge in [0.1, 0.15) is 21.3 Å². The van der Waals surface area contributed by atoms with Gasteiger partial charge in [0.25, 0.3) is 0 Å². The van der Waals surface area contributed by atoms with Gasteiger partial charge in [-0.2, -0.15) is 0 Å². The molecule has 0 amide bonds. The van der Waals surface area contributed by atoms with Crippen molar-refractivity contribution in [1.82, 2.24) is 0 Å². The van der Waals surface area contributed by atoms with Crippen LogP contribution >= 0.6 is 20.6 Å². The molecule has 0 aliphatic rings. The summed E-state index contributed by atoms with van der Waals surface area (Å²) in [7, 11) is 4.94. The summed E-state index contributed by atoms with van der Waals surface area (Å²) < 4.78 is 22.3. The molecular formula is C14H14O3S3. The van der Waals surface area contributed by atoms with Crippen LogP contribution < -0.4 is 9.47 Å². The van der Waals surface area contributed by atoms with Gasteiger partial charge in [0, 0.05) is 14.7 Å². The lowest BCUT2D eigenvalue weighted by atomic mass is 10.3. The van der Waals surface area contributed by atoms with E-state index in [9.17, 15) is 4.21 Å². The zero-order chi connectivity index (χ0) is 14.4. The second kappa shape index (κ2) is 7.61. The molecule has 1 unspecified atom stereocenters. The van der Waals surface area contributed by atoms with Crippen molar-refractivity contribution in [2.45, 2.75) is 9.79 Å². The van der Waals surface area contributed by atoms with Crippen LogP contribution in [-0.4, -0.2) is 18.4 Å². The first kappa shape index (κ1) is 15.3. The highest BCUT2D eigenvalue weighted by Crippen LogP contribution is 2.37. The van der Waals surface area contributed by atoms with Crippen molar-refractivity contribution in [1.29, 1.82) is 0 Å². The third kappa shape index (κ3) is 4.19. The molecule has 0 aromatic heterocycles. The number of ether oxygens (including phenoxy) is 2. The standard InChI is InChI=1S/C14H14O3S3/c1-16-11-3-7-13(8-4-11)18-19-20(15)14-9-5-12(17-2)6-10-14/h3-10H,1-2H3. The molecule has 1 atom stereocenters. The fourth-order valence-corrected chi connectivity index (χ4v) is 5.55. The molecular weight excluding hydrogens is 312 g/mol. The van der Waals surface area contributed by atoms with E-state index in [1.807, 2.05) is 48.5 Å². The molecule has 0 aliphatic carbocycles. The molecule has 0 spiro atoms. The third-order valence-corrected chi connectivity index (χ3v) is 7.27. The van der Waals surface area contributed by atoms with Crippen molar-refractivity contribution in [3.8, 4) is 11.5 Å². The van der Waals surface area contributed by atoms with Gasteiger partial charge >= 0.3 is 0 Å². The molecule has 0 N–H and O–H groups in total. The van der Waals surface area contributed by atoms with E-state index in [1.165, 1.54) is 20.6 Å². The van der Waals surface area contributed by atoms with Crippen LogP contribution in [0.2, 0.25) is 0 Å². The van der Waals surface area contributed by atoms with Crippen molar-refractivity contribution in [3.63, 3.8) is 0 Å². The average Bonchev–Trinajstić information content (AvgIpc) is 2.53. The van der Waals surface area contributed by atoms with Gasteiger partial charge in [-0.25, -0.2) is 4.21 Å². The molecule has 0 saturated heterocycles. The Bertz CT molecular complexity index is 567. The Morgan fingerprint density at radius 2 is 1.35 bits per heavy atom. The molecule has 0 fully saturated rings. The van der Waals surface area contributed by atoms with E-state index in [2.05, 4.69) is 0 Å². The van der Waals surface area contributed by atoms with Crippen LogP contribution in [0, 0.1) is 0 Å². The number of methoxy groups -OCH3 is 2. The van der Waals surface area contributed by atoms with Gasteiger partial charge in [-0.3, -0.25) is 0 Å². The Hall–Kier alpha value is -1.11. The van der Waals surface area contributed by atoms with E-state index in [0.29, 0.717) is 0 Å². The minimum absolute atomic E-state index is 0.763. The van der Waals surface area contributed by atoms with Crippen LogP contribution in [0.1, 0.15) is 0 Å². The highest BCUT2D eigenvalue weighted by Gasteiger charge is 2.06. The van der Waals surface area contributed by atoms with Crippen molar-refractivity contribution in [3.05, 3.63) is 48.5 Å². The van der Waals surface area contributed by atoms with E-state index < -0.39 is 9.83 Å². The number of rotatable bonds is 6. The largest absolute Gasteiger partial charge is 0.497 e. The van der Waals surface area contributed by atoms with E-state index in [1.54, 1.807) is 14.2 Å². The maximum Gasteiger partial charge on any atom is 0.124 e. The normalized spacial score (nSPS) is 11.9. The Balaban J connectivity index is 1.93. The van der Waals surface area contributed by atoms with Crippen molar-refractivity contribution < 1.29 is 13.7 Å². The van der Waals surface area contributed by atoms with Gasteiger partial charge in [0.2, 0.25) is 0 Å². The third-order valence-electron chi connectivity index (χ3n) is 2.50. The molecule has 0 radical (unpaired) electrons. The van der Waals surface area contributed by atoms with Crippen molar-refractivity contribution in [2.75, 3.05) is 14.2 Å². The predicted octanol–water partition coefficient (Wildman–Crippen LogP) is 4.17. The minimum Gasteiger partial charge on any atom is -0.497 e. The molecule has 2 aromatic rings. The average molecular weight is 326 g/mol. The molecule has 20 heavy (non-hydrogen) atoms. The summed E-state index contributed by atoms with van der Waals surface area (Å²) in [5, 5.41) is 0. The summed E-state index contributed by atoms with van der Waals surface area (Å²) in [6.45, 7) is 0. The summed E-state index contributed by atoms with van der Waals surface area (Å²) in [5.41, 5.74) is 0. The summed E-state index contributed by atoms with van der Waals surface area (Å²) in [4.78, 5) is 1.81. The van der Waals surface area contributed by atoms with Crippen LogP contribution in [0.3, 0.4) is 0 Å². The van der Waals surface area contributed by atoms with Crippen LogP contribution in [0.15, 0.2) is 58.3 Å². The Labute approximate surface area is 128 Å². The Morgan fingerprint density at radius 3 is 1.85 bits per heavy atom. The summed E-state index contributed by atoms with van der Waals surface area (Å²) in [5.74, 6) is 1.58. The summed E-state index contributed by atoms with van der Waals surface area (Å²) in [6, 6.07) is 14.9. The summed E-state index contributed by atoms with van der Waals surface area (Å²) in [6.07, 6.45) is 0. The molecule has 106 valence electrons. The van der Waals surface area contributed by atoms with Gasteiger partial charge in [-0.1, -0.05) is 0 Å². The molecule has 0 heterocycles. The second-order valence-corrected chi connectivity index (χ2v) is 8.49. The quantitative estimate of drug-likeness (QED) is 0.745. The first-order chi connectivity index (χ1) is 9.72. The molecule has 3 nitrogen and oxygen atoms in total. The maximum absolute atomic E-state index is 12.1. The van der Waals surface area contributed by atoms with E-state index in [-0.39, 0.29) is 0 Å². The highest BCUT2D eigenvalue weighted by atomic mass is 33.5. The SMILES string of the molecule is COc1ccc(SSS(=O)c2ccc(OC)cc2)cc1. The lowest BCUT2D eigenvalue weighted by molar-refractivity contribution is 0.414. The van der Waals surface area contributed by atoms with Crippen molar-refractivity contribution in [2.24, 2.45) is 0 Å². The van der Waals surface area contributed by atoms with Gasteiger partial charge in [0.15, 0.2) is 0 Å². The monoisotopic (exact) mass is 326 g/mol.